The highest BCUT2D eigenvalue weighted by atomic mass is 16.1. The molecule has 2 N–H and O–H groups in total. The van der Waals surface area contributed by atoms with E-state index in [2.05, 4.69) is 30.2 Å². The number of nitrogens with one attached hydrogen (secondary N) is 2. The fourth-order valence-corrected chi connectivity index (χ4v) is 1.65. The monoisotopic (exact) mass is 178 g/mol. The van der Waals surface area contributed by atoms with Crippen molar-refractivity contribution >= 4 is 0 Å². The Labute approximate surface area is 77.2 Å². The molecule has 0 atom stereocenters. The van der Waals surface area contributed by atoms with Gasteiger partial charge in [-0.1, -0.05) is 13.8 Å². The van der Waals surface area contributed by atoms with Crippen LogP contribution in [0, 0.1) is 0 Å². The van der Waals surface area contributed by atoms with Crippen LogP contribution in [0.15, 0.2) is 10.9 Å². The van der Waals surface area contributed by atoms with Crippen molar-refractivity contribution in [3.63, 3.8) is 0 Å². The molecule has 0 amide bonds. The van der Waals surface area contributed by atoms with Crippen LogP contribution in [0.5, 0.6) is 0 Å². The minimum Gasteiger partial charge on any atom is -0.326 e. The first-order valence-corrected chi connectivity index (χ1v) is 4.64. The van der Waals surface area contributed by atoms with Crippen LogP contribution >= 0.6 is 0 Å². The van der Waals surface area contributed by atoms with Gasteiger partial charge in [-0.05, 0) is 17.5 Å². The second kappa shape index (κ2) is 3.00. The molecule has 0 radical (unpaired) electrons. The van der Waals surface area contributed by atoms with E-state index in [1.165, 1.54) is 0 Å². The van der Waals surface area contributed by atoms with Crippen LogP contribution in [0.25, 0.3) is 0 Å². The molecule has 0 spiro atoms. The van der Waals surface area contributed by atoms with E-state index in [9.17, 15) is 4.79 Å². The Morgan fingerprint density at radius 3 is 2.85 bits per heavy atom. The Hall–Kier alpha value is -1.09. The topological polar surface area (TPSA) is 44.9 Å². The summed E-state index contributed by atoms with van der Waals surface area (Å²) in [5.74, 6) is 0.388. The molecule has 0 aliphatic carbocycles. The maximum absolute atomic E-state index is 11.5. The molecule has 70 valence electrons. The minimum absolute atomic E-state index is 0.0752. The van der Waals surface area contributed by atoms with Crippen LogP contribution in [0.1, 0.15) is 36.6 Å². The summed E-state index contributed by atoms with van der Waals surface area (Å²) in [6.45, 7) is 5.71. The van der Waals surface area contributed by atoms with E-state index >= 15 is 0 Å². The number of rotatable bonds is 1. The Kier molecular flexibility index (Phi) is 1.96. The highest BCUT2D eigenvalue weighted by molar-refractivity contribution is 5.30. The summed E-state index contributed by atoms with van der Waals surface area (Å²) >= 11 is 0. The molecule has 0 bridgehead atoms. The van der Waals surface area contributed by atoms with Crippen LogP contribution < -0.4 is 10.9 Å². The molecular formula is C10H14N2O. The van der Waals surface area contributed by atoms with E-state index in [4.69, 9.17) is 0 Å². The van der Waals surface area contributed by atoms with Crippen molar-refractivity contribution in [2.75, 3.05) is 0 Å². The zero-order valence-electron chi connectivity index (χ0n) is 7.98. The summed E-state index contributed by atoms with van der Waals surface area (Å²) in [4.78, 5) is 14.5. The van der Waals surface area contributed by atoms with Crippen molar-refractivity contribution in [1.29, 1.82) is 0 Å². The third-order valence-corrected chi connectivity index (χ3v) is 2.49. The second-order valence-corrected chi connectivity index (χ2v) is 3.82. The molecule has 0 saturated carbocycles. The van der Waals surface area contributed by atoms with E-state index in [1.807, 2.05) is 0 Å². The molecular weight excluding hydrogens is 164 g/mol. The van der Waals surface area contributed by atoms with Gasteiger partial charge in [0, 0.05) is 24.3 Å². The summed E-state index contributed by atoms with van der Waals surface area (Å²) in [7, 11) is 0. The van der Waals surface area contributed by atoms with Crippen molar-refractivity contribution in [2.24, 2.45) is 0 Å². The molecule has 3 heteroatoms. The van der Waals surface area contributed by atoms with E-state index in [-0.39, 0.29) is 5.56 Å². The van der Waals surface area contributed by atoms with Crippen LogP contribution in [-0.2, 0) is 13.1 Å². The predicted molar refractivity (Wildman–Crippen MR) is 51.7 cm³/mol. The standard InChI is InChI=1S/C10H14N2O/c1-6(2)9-3-7-4-11-5-8(7)10(13)12-9/h3,6,11H,4-5H2,1-2H3,(H,12,13). The lowest BCUT2D eigenvalue weighted by Gasteiger charge is -2.06. The van der Waals surface area contributed by atoms with Gasteiger partial charge in [-0.25, -0.2) is 0 Å². The van der Waals surface area contributed by atoms with Gasteiger partial charge in [0.25, 0.3) is 5.56 Å². The lowest BCUT2D eigenvalue weighted by Crippen LogP contribution is -2.15. The van der Waals surface area contributed by atoms with E-state index in [0.29, 0.717) is 12.5 Å². The normalized spacial score (nSPS) is 15.0. The van der Waals surface area contributed by atoms with Gasteiger partial charge in [0.1, 0.15) is 0 Å². The predicted octanol–water partition coefficient (Wildman–Crippen LogP) is 1.10. The lowest BCUT2D eigenvalue weighted by atomic mass is 10.1. The summed E-state index contributed by atoms with van der Waals surface area (Å²) in [6.07, 6.45) is 0. The quantitative estimate of drug-likeness (QED) is 0.676. The highest BCUT2D eigenvalue weighted by Gasteiger charge is 2.15. The zero-order chi connectivity index (χ0) is 9.42. The average Bonchev–Trinajstić information content (AvgIpc) is 2.51. The molecule has 1 aromatic rings. The van der Waals surface area contributed by atoms with Crippen molar-refractivity contribution in [2.45, 2.75) is 32.9 Å². The Balaban J connectivity index is 2.56. The molecule has 0 fully saturated rings. The molecule has 0 aromatic carbocycles. The number of aromatic amines is 1. The minimum atomic E-state index is 0.0752. The molecule has 1 aliphatic heterocycles. The highest BCUT2D eigenvalue weighted by Crippen LogP contribution is 2.16. The first-order valence-electron chi connectivity index (χ1n) is 4.64. The first kappa shape index (κ1) is 8.51. The van der Waals surface area contributed by atoms with Gasteiger partial charge in [-0.2, -0.15) is 0 Å². The van der Waals surface area contributed by atoms with Crippen molar-refractivity contribution in [3.8, 4) is 0 Å². The SMILES string of the molecule is CC(C)c1cc2c(c(=O)[nH]1)CNC2. The largest absolute Gasteiger partial charge is 0.326 e. The molecule has 2 rings (SSSR count). The van der Waals surface area contributed by atoms with Gasteiger partial charge in [-0.3, -0.25) is 4.79 Å². The number of pyridine rings is 1. The summed E-state index contributed by atoms with van der Waals surface area (Å²) < 4.78 is 0. The van der Waals surface area contributed by atoms with Crippen LogP contribution in [0.3, 0.4) is 0 Å². The fourth-order valence-electron chi connectivity index (χ4n) is 1.65. The number of hydrogen-bond donors (Lipinski definition) is 2. The van der Waals surface area contributed by atoms with Gasteiger partial charge in [0.15, 0.2) is 0 Å². The Bertz CT molecular complexity index is 379. The molecule has 2 heterocycles. The molecule has 1 aliphatic rings. The van der Waals surface area contributed by atoms with E-state index < -0.39 is 0 Å². The third-order valence-electron chi connectivity index (χ3n) is 2.49. The summed E-state index contributed by atoms with van der Waals surface area (Å²) in [5, 5.41) is 3.17. The van der Waals surface area contributed by atoms with Crippen molar-refractivity contribution in [1.82, 2.24) is 10.3 Å². The molecule has 0 saturated heterocycles. The molecule has 13 heavy (non-hydrogen) atoms. The molecule has 1 aromatic heterocycles. The smallest absolute Gasteiger partial charge is 0.252 e. The van der Waals surface area contributed by atoms with Crippen LogP contribution in [-0.4, -0.2) is 4.98 Å². The van der Waals surface area contributed by atoms with Crippen LogP contribution in [0.4, 0.5) is 0 Å². The van der Waals surface area contributed by atoms with Crippen molar-refractivity contribution < 1.29 is 0 Å². The number of H-pyrrole nitrogens is 1. The summed E-state index contributed by atoms with van der Waals surface area (Å²) in [5.41, 5.74) is 3.18. The zero-order valence-corrected chi connectivity index (χ0v) is 7.98. The second-order valence-electron chi connectivity index (χ2n) is 3.82. The number of aromatic nitrogens is 1. The number of hydrogen-bond acceptors (Lipinski definition) is 2. The van der Waals surface area contributed by atoms with Crippen LogP contribution in [0.2, 0.25) is 0 Å². The maximum Gasteiger partial charge on any atom is 0.252 e. The first-order chi connectivity index (χ1) is 6.18. The summed E-state index contributed by atoms with van der Waals surface area (Å²) in [6, 6.07) is 2.10. The van der Waals surface area contributed by atoms with Crippen molar-refractivity contribution in [3.05, 3.63) is 33.2 Å². The van der Waals surface area contributed by atoms with Gasteiger partial charge >= 0.3 is 0 Å². The molecule has 0 unspecified atom stereocenters. The molecule has 3 nitrogen and oxygen atoms in total. The average molecular weight is 178 g/mol. The van der Waals surface area contributed by atoms with Gasteiger partial charge in [0.05, 0.1) is 0 Å². The Morgan fingerprint density at radius 2 is 2.15 bits per heavy atom. The fraction of sp³-hybridized carbons (Fsp3) is 0.500. The lowest BCUT2D eigenvalue weighted by molar-refractivity contribution is 0.762. The third kappa shape index (κ3) is 1.40. The van der Waals surface area contributed by atoms with Gasteiger partial charge < -0.3 is 10.3 Å². The number of fused-ring (bicyclic) bond motifs is 1. The maximum atomic E-state index is 11.5. The van der Waals surface area contributed by atoms with E-state index in [0.717, 1.165) is 23.4 Å². The van der Waals surface area contributed by atoms with E-state index in [1.54, 1.807) is 0 Å². The van der Waals surface area contributed by atoms with Gasteiger partial charge in [0.2, 0.25) is 0 Å². The Morgan fingerprint density at radius 1 is 1.38 bits per heavy atom. The van der Waals surface area contributed by atoms with Gasteiger partial charge in [-0.15, -0.1) is 0 Å².